The summed E-state index contributed by atoms with van der Waals surface area (Å²) in [6.07, 6.45) is 3.23. The number of aryl methyl sites for hydroxylation is 1. The molecule has 0 saturated carbocycles. The Kier molecular flexibility index (Phi) is 8.20. The van der Waals surface area contributed by atoms with Crippen LogP contribution in [0.4, 0.5) is 0 Å². The molecule has 0 spiro atoms. The van der Waals surface area contributed by atoms with Gasteiger partial charge in [-0.05, 0) is 63.8 Å². The van der Waals surface area contributed by atoms with Crippen molar-refractivity contribution in [3.63, 3.8) is 0 Å². The Morgan fingerprint density at radius 1 is 1.10 bits per heavy atom. The predicted molar refractivity (Wildman–Crippen MR) is 122 cm³/mol. The summed E-state index contributed by atoms with van der Waals surface area (Å²) in [5.41, 5.74) is 3.84. The maximum Gasteiger partial charge on any atom is 0.355 e. The molecule has 2 aromatic rings. The van der Waals surface area contributed by atoms with Gasteiger partial charge in [-0.15, -0.1) is 0 Å². The highest BCUT2D eigenvalue weighted by atomic mass is 16.5. The van der Waals surface area contributed by atoms with E-state index in [1.807, 2.05) is 24.3 Å². The first-order valence-corrected chi connectivity index (χ1v) is 10.9. The third-order valence-corrected chi connectivity index (χ3v) is 5.95. The van der Waals surface area contributed by atoms with E-state index in [1.54, 1.807) is 46.4 Å². The maximum atomic E-state index is 13.3. The zero-order chi connectivity index (χ0) is 23.3. The van der Waals surface area contributed by atoms with Crippen molar-refractivity contribution in [1.82, 2.24) is 9.47 Å². The lowest BCUT2D eigenvalue weighted by molar-refractivity contribution is 0.0514. The summed E-state index contributed by atoms with van der Waals surface area (Å²) in [4.78, 5) is 40.1. The molecule has 0 unspecified atom stereocenters. The van der Waals surface area contributed by atoms with Crippen molar-refractivity contribution in [2.45, 2.75) is 59.9 Å². The topological polar surface area (TPSA) is 68.6 Å². The van der Waals surface area contributed by atoms with Gasteiger partial charge >= 0.3 is 5.97 Å². The number of hydrogen-bond acceptors (Lipinski definition) is 4. The Bertz CT molecular complexity index is 957. The van der Waals surface area contributed by atoms with Crippen LogP contribution < -0.4 is 0 Å². The molecular weight excluding hydrogens is 392 g/mol. The highest BCUT2D eigenvalue weighted by Crippen LogP contribution is 2.25. The molecule has 0 bridgehead atoms. The molecule has 0 aliphatic carbocycles. The van der Waals surface area contributed by atoms with E-state index in [0.29, 0.717) is 28.1 Å². The van der Waals surface area contributed by atoms with Crippen molar-refractivity contribution in [2.75, 3.05) is 13.7 Å². The second-order valence-corrected chi connectivity index (χ2v) is 7.97. The van der Waals surface area contributed by atoms with Gasteiger partial charge in [0.15, 0.2) is 5.78 Å². The molecule has 6 heteroatoms. The average Bonchev–Trinajstić information content (AvgIpc) is 2.98. The smallest absolute Gasteiger partial charge is 0.355 e. The number of ketones is 1. The molecule has 2 rings (SSSR count). The van der Waals surface area contributed by atoms with E-state index in [4.69, 9.17) is 4.74 Å². The summed E-state index contributed by atoms with van der Waals surface area (Å²) in [5, 5.41) is 0. The van der Waals surface area contributed by atoms with Gasteiger partial charge in [0.1, 0.15) is 5.69 Å². The van der Waals surface area contributed by atoms with Gasteiger partial charge in [-0.25, -0.2) is 4.79 Å². The number of amides is 1. The molecule has 0 radical (unpaired) electrons. The third kappa shape index (κ3) is 5.06. The van der Waals surface area contributed by atoms with E-state index in [-0.39, 0.29) is 18.3 Å². The molecule has 0 saturated heterocycles. The molecule has 1 aromatic heterocycles. The Labute approximate surface area is 185 Å². The fourth-order valence-corrected chi connectivity index (χ4v) is 3.79. The predicted octanol–water partition coefficient (Wildman–Crippen LogP) is 4.50. The number of benzene rings is 1. The first-order valence-electron chi connectivity index (χ1n) is 10.9. The van der Waals surface area contributed by atoms with E-state index < -0.39 is 12.0 Å². The second kappa shape index (κ2) is 10.4. The lowest BCUT2D eigenvalue weighted by atomic mass is 9.99. The van der Waals surface area contributed by atoms with Gasteiger partial charge in [-0.1, -0.05) is 25.5 Å². The summed E-state index contributed by atoms with van der Waals surface area (Å²) >= 11 is 0. The fourth-order valence-electron chi connectivity index (χ4n) is 3.79. The quantitative estimate of drug-likeness (QED) is 0.437. The minimum Gasteiger partial charge on any atom is -0.461 e. The van der Waals surface area contributed by atoms with Crippen molar-refractivity contribution in [2.24, 2.45) is 7.05 Å². The molecule has 1 amide bonds. The number of ether oxygens (including phenoxy) is 1. The van der Waals surface area contributed by atoms with E-state index in [0.717, 1.165) is 19.3 Å². The molecule has 0 N–H and O–H groups in total. The molecule has 1 atom stereocenters. The van der Waals surface area contributed by atoms with Crippen molar-refractivity contribution in [1.29, 1.82) is 0 Å². The standard InChI is InChI=1S/C25H34N2O4/c1-8-10-11-19-12-14-20(15-13-19)24(29)27(7)18(5)23(28)21-16(3)22(25(30)31-9-2)26(6)17(21)4/h12-15,18H,8-11H2,1-7H3/t18-/m1/s1. The molecule has 6 nitrogen and oxygen atoms in total. The number of aromatic nitrogens is 1. The van der Waals surface area contributed by atoms with Crippen LogP contribution in [0.15, 0.2) is 24.3 Å². The third-order valence-electron chi connectivity index (χ3n) is 5.95. The second-order valence-electron chi connectivity index (χ2n) is 7.97. The molecule has 168 valence electrons. The van der Waals surface area contributed by atoms with E-state index in [9.17, 15) is 14.4 Å². The van der Waals surface area contributed by atoms with Crippen molar-refractivity contribution >= 4 is 17.7 Å². The number of hydrogen-bond donors (Lipinski definition) is 0. The number of likely N-dealkylation sites (N-methyl/N-ethyl adjacent to an activating group) is 1. The van der Waals surface area contributed by atoms with Crippen LogP contribution >= 0.6 is 0 Å². The Morgan fingerprint density at radius 3 is 2.26 bits per heavy atom. The van der Waals surface area contributed by atoms with Gasteiger partial charge in [0.25, 0.3) is 5.91 Å². The Morgan fingerprint density at radius 2 is 1.71 bits per heavy atom. The SMILES string of the molecule is CCCCc1ccc(C(=O)N(C)[C@H](C)C(=O)c2c(C)c(C(=O)OCC)n(C)c2C)cc1. The molecular formula is C25H34N2O4. The minimum atomic E-state index is -0.679. The summed E-state index contributed by atoms with van der Waals surface area (Å²) < 4.78 is 6.82. The Balaban J connectivity index is 2.25. The van der Waals surface area contributed by atoms with Gasteiger partial charge in [0, 0.05) is 30.9 Å². The van der Waals surface area contributed by atoms with Gasteiger partial charge in [-0.3, -0.25) is 9.59 Å². The number of rotatable bonds is 9. The number of esters is 1. The number of unbranched alkanes of at least 4 members (excludes halogenated alkanes) is 1. The molecule has 0 fully saturated rings. The summed E-state index contributed by atoms with van der Waals surface area (Å²) in [7, 11) is 3.38. The highest BCUT2D eigenvalue weighted by molar-refractivity contribution is 6.07. The van der Waals surface area contributed by atoms with Crippen LogP contribution in [-0.2, 0) is 18.2 Å². The normalized spacial score (nSPS) is 11.8. The fraction of sp³-hybridized carbons (Fsp3) is 0.480. The minimum absolute atomic E-state index is 0.198. The molecule has 1 heterocycles. The van der Waals surface area contributed by atoms with Crippen LogP contribution in [-0.4, -0.2) is 46.8 Å². The zero-order valence-electron chi connectivity index (χ0n) is 19.7. The number of carbonyl (C=O) groups is 3. The number of Topliss-reactive ketones (excluding diaryl/α,β-unsaturated/α-hetero) is 1. The monoisotopic (exact) mass is 426 g/mol. The molecule has 31 heavy (non-hydrogen) atoms. The van der Waals surface area contributed by atoms with Crippen LogP contribution in [0.25, 0.3) is 0 Å². The Hall–Kier alpha value is -2.89. The lowest BCUT2D eigenvalue weighted by Gasteiger charge is -2.24. The van der Waals surface area contributed by atoms with Crippen molar-refractivity contribution in [3.05, 3.63) is 57.9 Å². The van der Waals surface area contributed by atoms with Crippen LogP contribution in [0.5, 0.6) is 0 Å². The molecule has 0 aliphatic rings. The van der Waals surface area contributed by atoms with Gasteiger partial charge < -0.3 is 14.2 Å². The van der Waals surface area contributed by atoms with Crippen LogP contribution in [0.3, 0.4) is 0 Å². The first kappa shape index (κ1) is 24.4. The number of nitrogens with zero attached hydrogens (tertiary/aromatic N) is 2. The van der Waals surface area contributed by atoms with E-state index in [2.05, 4.69) is 6.92 Å². The maximum absolute atomic E-state index is 13.3. The van der Waals surface area contributed by atoms with Gasteiger partial charge in [0.2, 0.25) is 0 Å². The van der Waals surface area contributed by atoms with Crippen LogP contribution in [0.1, 0.15) is 81.6 Å². The molecule has 1 aromatic carbocycles. The van der Waals surface area contributed by atoms with E-state index >= 15 is 0 Å². The van der Waals surface area contributed by atoms with Crippen molar-refractivity contribution < 1.29 is 19.1 Å². The van der Waals surface area contributed by atoms with Gasteiger partial charge in [-0.2, -0.15) is 0 Å². The zero-order valence-corrected chi connectivity index (χ0v) is 19.7. The van der Waals surface area contributed by atoms with Crippen LogP contribution in [0, 0.1) is 13.8 Å². The van der Waals surface area contributed by atoms with Gasteiger partial charge in [0.05, 0.1) is 12.6 Å². The van der Waals surface area contributed by atoms with Crippen molar-refractivity contribution in [3.8, 4) is 0 Å². The van der Waals surface area contributed by atoms with Crippen LogP contribution in [0.2, 0.25) is 0 Å². The first-order chi connectivity index (χ1) is 14.6. The average molecular weight is 427 g/mol. The summed E-state index contributed by atoms with van der Waals surface area (Å²) in [6, 6.07) is 6.90. The lowest BCUT2D eigenvalue weighted by Crippen LogP contribution is -2.40. The summed E-state index contributed by atoms with van der Waals surface area (Å²) in [6.45, 7) is 9.41. The van der Waals surface area contributed by atoms with E-state index in [1.165, 1.54) is 10.5 Å². The summed E-state index contributed by atoms with van der Waals surface area (Å²) in [5.74, 6) is -0.860. The molecule has 0 aliphatic heterocycles. The largest absolute Gasteiger partial charge is 0.461 e. The number of carbonyl (C=O) groups excluding carboxylic acids is 3. The highest BCUT2D eigenvalue weighted by Gasteiger charge is 2.31.